The maximum absolute atomic E-state index is 11.5. The molecule has 25 heavy (non-hydrogen) atoms. The third kappa shape index (κ3) is 3.17. The van der Waals surface area contributed by atoms with Crippen molar-refractivity contribution < 1.29 is 14.4 Å². The fourth-order valence-electron chi connectivity index (χ4n) is 3.19. The lowest BCUT2D eigenvalue weighted by Gasteiger charge is -2.25. The summed E-state index contributed by atoms with van der Waals surface area (Å²) in [6.45, 7) is 7.06. The lowest BCUT2D eigenvalue weighted by atomic mass is 10.00. The summed E-state index contributed by atoms with van der Waals surface area (Å²) < 4.78 is 10.8. The molecule has 2 heterocycles. The van der Waals surface area contributed by atoms with Gasteiger partial charge in [-0.1, -0.05) is 6.92 Å². The van der Waals surface area contributed by atoms with Gasteiger partial charge in [0.25, 0.3) is 0 Å². The van der Waals surface area contributed by atoms with E-state index in [2.05, 4.69) is 22.0 Å². The summed E-state index contributed by atoms with van der Waals surface area (Å²) in [7, 11) is 1.40. The Balaban J connectivity index is 2.12. The fraction of sp³-hybridized carbons (Fsp3) is 0.471. The average molecular weight is 346 g/mol. The standard InChI is InChI=1S/C17H22N4O4/c1-4-20-7-6-13-12(10-20)16(19-18-13)11-8-14(21(22)23)17(24-3)15(9-11)25-5-2/h8-9H,4-7,10H2,1-3H3,(H,18,19). The smallest absolute Gasteiger partial charge is 0.315 e. The third-order valence-electron chi connectivity index (χ3n) is 4.47. The number of aromatic amines is 1. The lowest BCUT2D eigenvalue weighted by Crippen LogP contribution is -2.30. The van der Waals surface area contributed by atoms with E-state index in [1.54, 1.807) is 6.07 Å². The first kappa shape index (κ1) is 17.2. The van der Waals surface area contributed by atoms with Crippen LogP contribution in [-0.2, 0) is 13.0 Å². The second-order valence-electron chi connectivity index (χ2n) is 5.86. The number of rotatable bonds is 6. The van der Waals surface area contributed by atoms with Crippen LogP contribution >= 0.6 is 0 Å². The number of ether oxygens (including phenoxy) is 2. The number of nitro groups is 1. The first-order valence-electron chi connectivity index (χ1n) is 8.37. The Morgan fingerprint density at radius 2 is 2.20 bits per heavy atom. The van der Waals surface area contributed by atoms with E-state index in [9.17, 15) is 10.1 Å². The van der Waals surface area contributed by atoms with Gasteiger partial charge in [-0.05, 0) is 19.5 Å². The van der Waals surface area contributed by atoms with Crippen LogP contribution < -0.4 is 9.47 Å². The Labute approximate surface area is 145 Å². The molecule has 0 saturated carbocycles. The van der Waals surface area contributed by atoms with Gasteiger partial charge in [0.2, 0.25) is 5.75 Å². The molecule has 0 bridgehead atoms. The quantitative estimate of drug-likeness (QED) is 0.638. The van der Waals surface area contributed by atoms with E-state index in [4.69, 9.17) is 9.47 Å². The van der Waals surface area contributed by atoms with Crippen molar-refractivity contribution in [3.8, 4) is 22.8 Å². The van der Waals surface area contributed by atoms with Crippen molar-refractivity contribution in [2.75, 3.05) is 26.8 Å². The van der Waals surface area contributed by atoms with Crippen LogP contribution in [0.4, 0.5) is 5.69 Å². The van der Waals surface area contributed by atoms with Gasteiger partial charge in [0, 0.05) is 42.4 Å². The van der Waals surface area contributed by atoms with Crippen LogP contribution in [0.2, 0.25) is 0 Å². The number of nitro benzene ring substituents is 1. The zero-order valence-corrected chi connectivity index (χ0v) is 14.7. The minimum atomic E-state index is -0.456. The molecule has 0 aliphatic carbocycles. The molecule has 8 heteroatoms. The molecule has 0 saturated heterocycles. The van der Waals surface area contributed by atoms with Gasteiger partial charge < -0.3 is 9.47 Å². The normalized spacial score (nSPS) is 14.2. The summed E-state index contributed by atoms with van der Waals surface area (Å²) in [6.07, 6.45) is 0.896. The van der Waals surface area contributed by atoms with Gasteiger partial charge in [0.05, 0.1) is 24.3 Å². The highest BCUT2D eigenvalue weighted by Crippen LogP contribution is 2.42. The van der Waals surface area contributed by atoms with Crippen molar-refractivity contribution in [3.05, 3.63) is 33.5 Å². The van der Waals surface area contributed by atoms with Gasteiger partial charge in [-0.3, -0.25) is 20.1 Å². The number of hydrogen-bond donors (Lipinski definition) is 1. The van der Waals surface area contributed by atoms with Crippen molar-refractivity contribution in [1.29, 1.82) is 0 Å². The van der Waals surface area contributed by atoms with E-state index >= 15 is 0 Å². The number of methoxy groups -OCH3 is 1. The molecule has 3 rings (SSSR count). The monoisotopic (exact) mass is 346 g/mol. The van der Waals surface area contributed by atoms with E-state index in [1.807, 2.05) is 6.92 Å². The number of fused-ring (bicyclic) bond motifs is 1. The van der Waals surface area contributed by atoms with Crippen LogP contribution in [0.5, 0.6) is 11.5 Å². The first-order chi connectivity index (χ1) is 12.1. The van der Waals surface area contributed by atoms with Gasteiger partial charge in [-0.25, -0.2) is 0 Å². The van der Waals surface area contributed by atoms with Crippen LogP contribution in [0.1, 0.15) is 25.1 Å². The van der Waals surface area contributed by atoms with Crippen LogP contribution in [0, 0.1) is 10.1 Å². The molecule has 1 aromatic carbocycles. The Hall–Kier alpha value is -2.61. The van der Waals surface area contributed by atoms with E-state index < -0.39 is 4.92 Å². The Kier molecular flexibility index (Phi) is 4.89. The van der Waals surface area contributed by atoms with Crippen LogP contribution in [-0.4, -0.2) is 46.8 Å². The molecule has 1 aliphatic rings. The van der Waals surface area contributed by atoms with Gasteiger partial charge in [0.15, 0.2) is 5.75 Å². The molecule has 1 aliphatic heterocycles. The van der Waals surface area contributed by atoms with Gasteiger partial charge in [0.1, 0.15) is 0 Å². The summed E-state index contributed by atoms with van der Waals surface area (Å²) in [5, 5.41) is 19.0. The molecule has 2 aromatic rings. The molecule has 1 N–H and O–H groups in total. The molecule has 0 fully saturated rings. The summed E-state index contributed by atoms with van der Waals surface area (Å²) >= 11 is 0. The minimum absolute atomic E-state index is 0.122. The summed E-state index contributed by atoms with van der Waals surface area (Å²) in [4.78, 5) is 13.3. The number of benzene rings is 1. The lowest BCUT2D eigenvalue weighted by molar-refractivity contribution is -0.385. The maximum Gasteiger partial charge on any atom is 0.315 e. The summed E-state index contributed by atoms with van der Waals surface area (Å²) in [5.74, 6) is 0.490. The van der Waals surface area contributed by atoms with Crippen molar-refractivity contribution in [1.82, 2.24) is 15.1 Å². The summed E-state index contributed by atoms with van der Waals surface area (Å²) in [6, 6.07) is 3.26. The molecule has 0 spiro atoms. The number of nitrogens with zero attached hydrogens (tertiary/aromatic N) is 3. The molecule has 1 aromatic heterocycles. The van der Waals surface area contributed by atoms with Gasteiger partial charge in [-0.15, -0.1) is 0 Å². The molecule has 8 nitrogen and oxygen atoms in total. The van der Waals surface area contributed by atoms with Gasteiger partial charge >= 0.3 is 5.69 Å². The highest BCUT2D eigenvalue weighted by Gasteiger charge is 2.27. The predicted molar refractivity (Wildman–Crippen MR) is 93.1 cm³/mol. The summed E-state index contributed by atoms with van der Waals surface area (Å²) in [5.41, 5.74) is 3.46. The van der Waals surface area contributed by atoms with E-state index in [0.29, 0.717) is 17.9 Å². The molecule has 0 amide bonds. The highest BCUT2D eigenvalue weighted by atomic mass is 16.6. The van der Waals surface area contributed by atoms with Gasteiger partial charge in [-0.2, -0.15) is 5.10 Å². The number of nitrogens with one attached hydrogen (secondary N) is 1. The van der Waals surface area contributed by atoms with E-state index in [-0.39, 0.29) is 11.4 Å². The van der Waals surface area contributed by atoms with E-state index in [0.717, 1.165) is 43.0 Å². The SMILES string of the molecule is CCOc1cc(-c2n[nH]c3c2CN(CC)CC3)cc([N+](=O)[O-])c1OC. The zero-order chi connectivity index (χ0) is 18.0. The van der Waals surface area contributed by atoms with Crippen molar-refractivity contribution in [3.63, 3.8) is 0 Å². The molecular formula is C17H22N4O4. The van der Waals surface area contributed by atoms with Crippen molar-refractivity contribution >= 4 is 5.69 Å². The van der Waals surface area contributed by atoms with Crippen LogP contribution in [0.3, 0.4) is 0 Å². The van der Waals surface area contributed by atoms with Crippen molar-refractivity contribution in [2.45, 2.75) is 26.8 Å². The molecule has 0 unspecified atom stereocenters. The predicted octanol–water partition coefficient (Wildman–Crippen LogP) is 2.77. The third-order valence-corrected chi connectivity index (χ3v) is 4.47. The average Bonchev–Trinajstić information content (AvgIpc) is 3.04. The zero-order valence-electron chi connectivity index (χ0n) is 14.7. The van der Waals surface area contributed by atoms with E-state index in [1.165, 1.54) is 13.2 Å². The minimum Gasteiger partial charge on any atom is -0.490 e. The maximum atomic E-state index is 11.5. The molecule has 0 radical (unpaired) electrons. The topological polar surface area (TPSA) is 93.5 Å². The van der Waals surface area contributed by atoms with Crippen molar-refractivity contribution in [2.24, 2.45) is 0 Å². The Bertz CT molecular complexity index is 787. The second-order valence-corrected chi connectivity index (χ2v) is 5.86. The largest absolute Gasteiger partial charge is 0.490 e. The number of H-pyrrole nitrogens is 1. The van der Waals surface area contributed by atoms with Crippen LogP contribution in [0.15, 0.2) is 12.1 Å². The number of likely N-dealkylation sites (N-methyl/N-ethyl adjacent to an activating group) is 1. The fourth-order valence-corrected chi connectivity index (χ4v) is 3.19. The molecular weight excluding hydrogens is 324 g/mol. The number of aromatic nitrogens is 2. The Morgan fingerprint density at radius 1 is 1.40 bits per heavy atom. The molecule has 134 valence electrons. The number of hydrogen-bond acceptors (Lipinski definition) is 6. The molecule has 0 atom stereocenters. The first-order valence-corrected chi connectivity index (χ1v) is 8.37. The van der Waals surface area contributed by atoms with Crippen LogP contribution in [0.25, 0.3) is 11.3 Å². The highest BCUT2D eigenvalue weighted by molar-refractivity contribution is 5.73. The Morgan fingerprint density at radius 3 is 2.84 bits per heavy atom. The second kappa shape index (κ2) is 7.10.